The average molecular weight is 473 g/mol. The molecule has 25 heavy (non-hydrogen) atoms. The summed E-state index contributed by atoms with van der Waals surface area (Å²) in [6.45, 7) is 2.02. The summed E-state index contributed by atoms with van der Waals surface area (Å²) in [7, 11) is 3.77. The molecule has 2 aromatic heterocycles. The average Bonchev–Trinajstić information content (AvgIpc) is 3.14. The van der Waals surface area contributed by atoms with Crippen molar-refractivity contribution in [1.29, 1.82) is 0 Å². The van der Waals surface area contributed by atoms with Gasteiger partial charge in [0.2, 0.25) is 0 Å². The van der Waals surface area contributed by atoms with Gasteiger partial charge in [-0.3, -0.25) is 14.8 Å². The predicted octanol–water partition coefficient (Wildman–Crippen LogP) is 2.24. The van der Waals surface area contributed by atoms with Crippen molar-refractivity contribution in [3.8, 4) is 0 Å². The molecule has 8 heteroatoms. The van der Waals surface area contributed by atoms with Crippen LogP contribution in [0.15, 0.2) is 47.0 Å². The molecule has 2 N–H and O–H groups in total. The van der Waals surface area contributed by atoms with Gasteiger partial charge in [0.1, 0.15) is 0 Å². The number of aromatic nitrogens is 1. The third-order valence-electron chi connectivity index (χ3n) is 3.46. The molecule has 0 atom stereocenters. The van der Waals surface area contributed by atoms with E-state index in [0.717, 1.165) is 18.9 Å². The van der Waals surface area contributed by atoms with Crippen molar-refractivity contribution in [1.82, 2.24) is 20.5 Å². The Hall–Kier alpha value is -1.68. The molecule has 0 saturated carbocycles. The number of hydrogen-bond donors (Lipinski definition) is 2. The van der Waals surface area contributed by atoms with E-state index in [4.69, 9.17) is 0 Å². The molecule has 1 amide bonds. The number of thiophene rings is 1. The van der Waals surface area contributed by atoms with Crippen LogP contribution in [0.5, 0.6) is 0 Å². The van der Waals surface area contributed by atoms with E-state index in [-0.39, 0.29) is 29.9 Å². The lowest BCUT2D eigenvalue weighted by Gasteiger charge is -2.21. The Morgan fingerprint density at radius 3 is 2.72 bits per heavy atom. The van der Waals surface area contributed by atoms with Gasteiger partial charge in [-0.2, -0.15) is 0 Å². The van der Waals surface area contributed by atoms with E-state index in [2.05, 4.69) is 43.0 Å². The first kappa shape index (κ1) is 21.4. The number of nitrogens with one attached hydrogen (secondary N) is 2. The van der Waals surface area contributed by atoms with Crippen LogP contribution in [0, 0.1) is 0 Å². The van der Waals surface area contributed by atoms with Crippen LogP contribution in [0.25, 0.3) is 0 Å². The molecule has 0 aromatic carbocycles. The quantitative estimate of drug-likeness (QED) is 0.280. The summed E-state index contributed by atoms with van der Waals surface area (Å²) in [4.78, 5) is 23.6. The Balaban J connectivity index is 0.00000312. The third-order valence-corrected chi connectivity index (χ3v) is 4.40. The minimum absolute atomic E-state index is 0. The van der Waals surface area contributed by atoms with Crippen molar-refractivity contribution in [3.05, 3.63) is 52.5 Å². The molecule has 0 spiro atoms. The predicted molar refractivity (Wildman–Crippen MR) is 114 cm³/mol. The van der Waals surface area contributed by atoms with E-state index < -0.39 is 0 Å². The molecule has 0 bridgehead atoms. The van der Waals surface area contributed by atoms with Crippen molar-refractivity contribution in [2.75, 3.05) is 33.7 Å². The number of amides is 1. The van der Waals surface area contributed by atoms with Gasteiger partial charge in [-0.15, -0.1) is 35.3 Å². The van der Waals surface area contributed by atoms with Crippen molar-refractivity contribution in [2.24, 2.45) is 4.99 Å². The second kappa shape index (κ2) is 11.8. The van der Waals surface area contributed by atoms with Crippen LogP contribution in [0.2, 0.25) is 0 Å². The first-order valence-electron chi connectivity index (χ1n) is 7.83. The van der Waals surface area contributed by atoms with Crippen LogP contribution in [0.4, 0.5) is 0 Å². The Morgan fingerprint density at radius 2 is 2.08 bits per heavy atom. The Kier molecular flexibility index (Phi) is 10.1. The second-order valence-corrected chi connectivity index (χ2v) is 6.25. The number of hydrogen-bond acceptors (Lipinski definition) is 4. The fourth-order valence-corrected chi connectivity index (χ4v) is 2.87. The summed E-state index contributed by atoms with van der Waals surface area (Å²) in [6.07, 6.45) is 4.20. The van der Waals surface area contributed by atoms with Gasteiger partial charge >= 0.3 is 0 Å². The third kappa shape index (κ3) is 7.39. The lowest BCUT2D eigenvalue weighted by Crippen LogP contribution is -2.43. The second-order valence-electron chi connectivity index (χ2n) is 5.22. The van der Waals surface area contributed by atoms with Crippen LogP contribution in [-0.2, 0) is 6.42 Å². The summed E-state index contributed by atoms with van der Waals surface area (Å²) in [5, 5.41) is 8.20. The van der Waals surface area contributed by atoms with Crippen molar-refractivity contribution in [3.63, 3.8) is 0 Å². The molecule has 2 aromatic rings. The first-order chi connectivity index (χ1) is 11.7. The smallest absolute Gasteiger partial charge is 0.252 e. The maximum Gasteiger partial charge on any atom is 0.252 e. The highest BCUT2D eigenvalue weighted by Gasteiger charge is 2.07. The maximum absolute atomic E-state index is 11.9. The molecule has 2 rings (SSSR count). The normalized spacial score (nSPS) is 10.7. The number of halogens is 1. The molecular weight excluding hydrogens is 449 g/mol. The largest absolute Gasteiger partial charge is 0.354 e. The number of guanidine groups is 1. The van der Waals surface area contributed by atoms with Gasteiger partial charge in [0, 0.05) is 51.0 Å². The zero-order valence-corrected chi connectivity index (χ0v) is 17.6. The number of carbonyl (C=O) groups is 1. The van der Waals surface area contributed by atoms with E-state index in [1.807, 2.05) is 7.05 Å². The maximum atomic E-state index is 11.9. The van der Waals surface area contributed by atoms with Crippen LogP contribution in [-0.4, -0.2) is 55.5 Å². The highest BCUT2D eigenvalue weighted by atomic mass is 127. The SMILES string of the molecule is CN=C(NCCNC(=O)c1cccnc1)N(C)CCc1cccs1.I. The fourth-order valence-electron chi connectivity index (χ4n) is 2.17. The topological polar surface area (TPSA) is 69.6 Å². The van der Waals surface area contributed by atoms with Gasteiger partial charge in [0.25, 0.3) is 5.91 Å². The molecule has 136 valence electrons. The lowest BCUT2D eigenvalue weighted by molar-refractivity contribution is 0.0954. The Morgan fingerprint density at radius 1 is 1.28 bits per heavy atom. The van der Waals surface area contributed by atoms with E-state index in [1.54, 1.807) is 42.9 Å². The molecule has 6 nitrogen and oxygen atoms in total. The number of pyridine rings is 1. The molecule has 0 aliphatic rings. The minimum atomic E-state index is -0.120. The summed E-state index contributed by atoms with van der Waals surface area (Å²) >= 11 is 1.77. The zero-order chi connectivity index (χ0) is 17.2. The van der Waals surface area contributed by atoms with Gasteiger partial charge in [0.05, 0.1) is 5.56 Å². The summed E-state index contributed by atoms with van der Waals surface area (Å²) in [5.74, 6) is 0.702. The Bertz CT molecular complexity index is 648. The van der Waals surface area contributed by atoms with Crippen LogP contribution < -0.4 is 10.6 Å². The fraction of sp³-hybridized carbons (Fsp3) is 0.353. The number of carbonyl (C=O) groups excluding carboxylic acids is 1. The van der Waals surface area contributed by atoms with Gasteiger partial charge in [-0.1, -0.05) is 6.07 Å². The Labute approximate surface area is 169 Å². The van der Waals surface area contributed by atoms with Crippen molar-refractivity contribution >= 4 is 47.2 Å². The highest BCUT2D eigenvalue weighted by molar-refractivity contribution is 14.0. The first-order valence-corrected chi connectivity index (χ1v) is 8.71. The summed E-state index contributed by atoms with van der Waals surface area (Å²) < 4.78 is 0. The molecular formula is C17H24IN5OS. The van der Waals surface area contributed by atoms with Crippen LogP contribution in [0.3, 0.4) is 0 Å². The van der Waals surface area contributed by atoms with E-state index >= 15 is 0 Å². The van der Waals surface area contributed by atoms with Gasteiger partial charge < -0.3 is 15.5 Å². The van der Waals surface area contributed by atoms with E-state index in [1.165, 1.54) is 4.88 Å². The molecule has 2 heterocycles. The monoisotopic (exact) mass is 473 g/mol. The molecule has 0 unspecified atom stereocenters. The van der Waals surface area contributed by atoms with Gasteiger partial charge in [-0.05, 0) is 30.0 Å². The molecule has 0 saturated heterocycles. The number of aliphatic imine (C=N–C) groups is 1. The molecule has 0 aliphatic carbocycles. The number of likely N-dealkylation sites (N-methyl/N-ethyl adjacent to an activating group) is 1. The zero-order valence-electron chi connectivity index (χ0n) is 14.4. The molecule has 0 fully saturated rings. The van der Waals surface area contributed by atoms with E-state index in [9.17, 15) is 4.79 Å². The van der Waals surface area contributed by atoms with Gasteiger partial charge in [-0.25, -0.2) is 0 Å². The minimum Gasteiger partial charge on any atom is -0.354 e. The summed E-state index contributed by atoms with van der Waals surface area (Å²) in [6, 6.07) is 7.70. The number of rotatable bonds is 7. The highest BCUT2D eigenvalue weighted by Crippen LogP contribution is 2.09. The van der Waals surface area contributed by atoms with E-state index in [0.29, 0.717) is 18.7 Å². The standard InChI is InChI=1S/C17H23N5OS.HI/c1-18-17(22(2)11-7-15-6-4-12-24-15)21-10-9-20-16(23)14-5-3-8-19-13-14;/h3-6,8,12-13H,7,9-11H2,1-2H3,(H,18,21)(H,20,23);1H. The lowest BCUT2D eigenvalue weighted by atomic mass is 10.3. The van der Waals surface area contributed by atoms with Crippen molar-refractivity contribution in [2.45, 2.75) is 6.42 Å². The number of nitrogens with zero attached hydrogens (tertiary/aromatic N) is 3. The van der Waals surface area contributed by atoms with Crippen LogP contribution >= 0.6 is 35.3 Å². The van der Waals surface area contributed by atoms with Crippen molar-refractivity contribution < 1.29 is 4.79 Å². The molecule has 0 radical (unpaired) electrons. The molecule has 0 aliphatic heterocycles. The van der Waals surface area contributed by atoms with Gasteiger partial charge in [0.15, 0.2) is 5.96 Å². The van der Waals surface area contributed by atoms with Crippen LogP contribution in [0.1, 0.15) is 15.2 Å². The summed E-state index contributed by atoms with van der Waals surface area (Å²) in [5.41, 5.74) is 0.565.